The van der Waals surface area contributed by atoms with Crippen molar-refractivity contribution in [2.24, 2.45) is 0 Å². The maximum atomic E-state index is 12.4. The van der Waals surface area contributed by atoms with Gasteiger partial charge in [0.15, 0.2) is 0 Å². The van der Waals surface area contributed by atoms with Crippen LogP contribution in [0.1, 0.15) is 58.9 Å². The molecule has 1 atom stereocenters. The standard InChI is InChI=1S/C19H30N2O3S/c1-5-16-8-6-7-13-21(16)18(22)14-20-25(23,24)17-11-9-15(10-12-17)19(2,3)4/h9-12,16,20H,5-8,13-14H2,1-4H3. The Bertz CT molecular complexity index is 690. The van der Waals surface area contributed by atoms with Gasteiger partial charge in [0.1, 0.15) is 0 Å². The number of benzene rings is 1. The van der Waals surface area contributed by atoms with Crippen molar-refractivity contribution in [3.05, 3.63) is 29.8 Å². The van der Waals surface area contributed by atoms with Crippen LogP contribution in [0.25, 0.3) is 0 Å². The molecule has 1 N–H and O–H groups in total. The van der Waals surface area contributed by atoms with Gasteiger partial charge >= 0.3 is 0 Å². The summed E-state index contributed by atoms with van der Waals surface area (Å²) in [5.74, 6) is -0.138. The number of hydrogen-bond donors (Lipinski definition) is 1. The summed E-state index contributed by atoms with van der Waals surface area (Å²) >= 11 is 0. The van der Waals surface area contributed by atoms with E-state index < -0.39 is 10.0 Å². The van der Waals surface area contributed by atoms with Gasteiger partial charge in [-0.15, -0.1) is 0 Å². The zero-order valence-electron chi connectivity index (χ0n) is 15.7. The summed E-state index contributed by atoms with van der Waals surface area (Å²) in [6, 6.07) is 7.09. The number of amides is 1. The van der Waals surface area contributed by atoms with Gasteiger partial charge in [0, 0.05) is 12.6 Å². The number of hydrogen-bond acceptors (Lipinski definition) is 3. The maximum Gasteiger partial charge on any atom is 0.241 e. The predicted octanol–water partition coefficient (Wildman–Crippen LogP) is 3.05. The van der Waals surface area contributed by atoms with E-state index in [1.165, 1.54) is 0 Å². The Morgan fingerprint density at radius 3 is 2.40 bits per heavy atom. The third kappa shape index (κ3) is 5.05. The summed E-state index contributed by atoms with van der Waals surface area (Å²) in [6.07, 6.45) is 4.04. The highest BCUT2D eigenvalue weighted by atomic mass is 32.2. The van der Waals surface area contributed by atoms with E-state index in [9.17, 15) is 13.2 Å². The lowest BCUT2D eigenvalue weighted by molar-refractivity contribution is -0.133. The molecular weight excluding hydrogens is 336 g/mol. The molecule has 0 aromatic heterocycles. The van der Waals surface area contributed by atoms with Gasteiger partial charge in [0.05, 0.1) is 11.4 Å². The first-order chi connectivity index (χ1) is 11.6. The average Bonchev–Trinajstić information content (AvgIpc) is 2.59. The number of likely N-dealkylation sites (tertiary alicyclic amines) is 1. The zero-order valence-corrected chi connectivity index (χ0v) is 16.5. The van der Waals surface area contributed by atoms with E-state index in [-0.39, 0.29) is 28.8 Å². The summed E-state index contributed by atoms with van der Waals surface area (Å²) in [7, 11) is -3.68. The van der Waals surface area contributed by atoms with Gasteiger partial charge in [0.2, 0.25) is 15.9 Å². The molecule has 1 unspecified atom stereocenters. The van der Waals surface area contributed by atoms with Crippen molar-refractivity contribution in [2.45, 2.75) is 69.7 Å². The number of nitrogens with zero attached hydrogens (tertiary/aromatic N) is 1. The lowest BCUT2D eigenvalue weighted by atomic mass is 9.87. The Morgan fingerprint density at radius 2 is 1.84 bits per heavy atom. The molecule has 1 saturated heterocycles. The van der Waals surface area contributed by atoms with E-state index in [1.54, 1.807) is 12.1 Å². The normalized spacial score (nSPS) is 19.0. The third-order valence-corrected chi connectivity index (χ3v) is 6.28. The zero-order chi connectivity index (χ0) is 18.7. The second-order valence-electron chi connectivity index (χ2n) is 7.74. The first-order valence-electron chi connectivity index (χ1n) is 9.05. The molecule has 1 aromatic rings. The lowest BCUT2D eigenvalue weighted by Gasteiger charge is -2.35. The summed E-state index contributed by atoms with van der Waals surface area (Å²) in [4.78, 5) is 14.5. The Labute approximate surface area is 151 Å². The number of nitrogens with one attached hydrogen (secondary N) is 1. The van der Waals surface area contributed by atoms with Gasteiger partial charge in [-0.1, -0.05) is 39.8 Å². The minimum atomic E-state index is -3.68. The molecule has 1 fully saturated rings. The van der Waals surface area contributed by atoms with Crippen LogP contribution in [0, 0.1) is 0 Å². The Hall–Kier alpha value is -1.40. The van der Waals surface area contributed by atoms with Crippen LogP contribution in [-0.2, 0) is 20.2 Å². The van der Waals surface area contributed by atoms with Crippen LogP contribution in [-0.4, -0.2) is 38.4 Å². The van der Waals surface area contributed by atoms with Crippen LogP contribution in [0.2, 0.25) is 0 Å². The molecule has 1 amide bonds. The van der Waals surface area contributed by atoms with Crippen molar-refractivity contribution in [3.63, 3.8) is 0 Å². The van der Waals surface area contributed by atoms with Gasteiger partial charge in [-0.3, -0.25) is 4.79 Å². The highest BCUT2D eigenvalue weighted by molar-refractivity contribution is 7.89. The molecule has 1 heterocycles. The Balaban J connectivity index is 2.02. The number of piperidine rings is 1. The largest absolute Gasteiger partial charge is 0.339 e. The fraction of sp³-hybridized carbons (Fsp3) is 0.632. The summed E-state index contributed by atoms with van der Waals surface area (Å²) in [5.41, 5.74) is 1.04. The second kappa shape index (κ2) is 7.87. The van der Waals surface area contributed by atoms with E-state index in [4.69, 9.17) is 0 Å². The van der Waals surface area contributed by atoms with Crippen LogP contribution >= 0.6 is 0 Å². The van der Waals surface area contributed by atoms with Crippen molar-refractivity contribution in [2.75, 3.05) is 13.1 Å². The molecule has 1 aliphatic heterocycles. The second-order valence-corrected chi connectivity index (χ2v) is 9.51. The van der Waals surface area contributed by atoms with E-state index in [0.29, 0.717) is 0 Å². The summed E-state index contributed by atoms with van der Waals surface area (Å²) in [6.45, 7) is 8.85. The smallest absolute Gasteiger partial charge is 0.241 e. The first-order valence-corrected chi connectivity index (χ1v) is 10.5. The van der Waals surface area contributed by atoms with E-state index >= 15 is 0 Å². The Morgan fingerprint density at radius 1 is 1.20 bits per heavy atom. The van der Waals surface area contributed by atoms with Crippen LogP contribution in [0.4, 0.5) is 0 Å². The van der Waals surface area contributed by atoms with Crippen LogP contribution < -0.4 is 4.72 Å². The van der Waals surface area contributed by atoms with Crippen molar-refractivity contribution in [3.8, 4) is 0 Å². The molecule has 0 spiro atoms. The number of carbonyl (C=O) groups excluding carboxylic acids is 1. The highest BCUT2D eigenvalue weighted by Gasteiger charge is 2.26. The Kier molecular flexibility index (Phi) is 6.27. The predicted molar refractivity (Wildman–Crippen MR) is 100.0 cm³/mol. The molecule has 1 aromatic carbocycles. The molecule has 0 aliphatic carbocycles. The molecule has 6 heteroatoms. The van der Waals surface area contributed by atoms with Gasteiger partial charge in [-0.05, 0) is 48.8 Å². The molecule has 0 radical (unpaired) electrons. The fourth-order valence-electron chi connectivity index (χ4n) is 3.23. The lowest BCUT2D eigenvalue weighted by Crippen LogP contribution is -2.47. The van der Waals surface area contributed by atoms with Gasteiger partial charge in [-0.25, -0.2) is 13.1 Å². The van der Waals surface area contributed by atoms with E-state index in [1.807, 2.05) is 17.0 Å². The number of rotatable bonds is 5. The maximum absolute atomic E-state index is 12.4. The van der Waals surface area contributed by atoms with Gasteiger partial charge in [-0.2, -0.15) is 0 Å². The fourth-order valence-corrected chi connectivity index (χ4v) is 4.20. The summed E-state index contributed by atoms with van der Waals surface area (Å²) in [5, 5.41) is 0. The van der Waals surface area contributed by atoms with Crippen molar-refractivity contribution < 1.29 is 13.2 Å². The third-order valence-electron chi connectivity index (χ3n) is 4.86. The van der Waals surface area contributed by atoms with Crippen molar-refractivity contribution in [1.82, 2.24) is 9.62 Å². The average molecular weight is 367 g/mol. The first kappa shape index (κ1) is 19.9. The summed E-state index contributed by atoms with van der Waals surface area (Å²) < 4.78 is 27.4. The number of carbonyl (C=O) groups is 1. The minimum Gasteiger partial charge on any atom is -0.339 e. The molecule has 1 aliphatic rings. The highest BCUT2D eigenvalue weighted by Crippen LogP contribution is 2.23. The van der Waals surface area contributed by atoms with Crippen LogP contribution in [0.15, 0.2) is 29.2 Å². The molecule has 2 rings (SSSR count). The topological polar surface area (TPSA) is 66.5 Å². The molecule has 0 saturated carbocycles. The van der Waals surface area contributed by atoms with E-state index in [0.717, 1.165) is 37.8 Å². The molecular formula is C19H30N2O3S. The molecule has 25 heavy (non-hydrogen) atoms. The minimum absolute atomic E-state index is 0.0326. The SMILES string of the molecule is CCC1CCCCN1C(=O)CNS(=O)(=O)c1ccc(C(C)(C)C)cc1. The van der Waals surface area contributed by atoms with Crippen molar-refractivity contribution >= 4 is 15.9 Å². The monoisotopic (exact) mass is 366 g/mol. The molecule has 5 nitrogen and oxygen atoms in total. The van der Waals surface area contributed by atoms with Gasteiger partial charge < -0.3 is 4.90 Å². The quantitative estimate of drug-likeness (QED) is 0.871. The number of sulfonamides is 1. The van der Waals surface area contributed by atoms with Gasteiger partial charge in [0.25, 0.3) is 0 Å². The molecule has 0 bridgehead atoms. The van der Waals surface area contributed by atoms with E-state index in [2.05, 4.69) is 32.4 Å². The van der Waals surface area contributed by atoms with Crippen LogP contribution in [0.5, 0.6) is 0 Å². The van der Waals surface area contributed by atoms with Crippen molar-refractivity contribution in [1.29, 1.82) is 0 Å². The molecule has 140 valence electrons. The van der Waals surface area contributed by atoms with Crippen LogP contribution in [0.3, 0.4) is 0 Å².